The van der Waals surface area contributed by atoms with Crippen molar-refractivity contribution < 1.29 is 27.9 Å². The molecule has 8 nitrogen and oxygen atoms in total. The highest BCUT2D eigenvalue weighted by molar-refractivity contribution is 8.93. The minimum absolute atomic E-state index is 0. The molecule has 1 aliphatic rings. The number of aromatic nitrogens is 1. The van der Waals surface area contributed by atoms with Gasteiger partial charge in [0, 0.05) is 17.4 Å². The number of aromatic carboxylic acids is 1. The number of carbonyl (C=O) groups is 3. The second kappa shape index (κ2) is 10.1. The van der Waals surface area contributed by atoms with Crippen LogP contribution in [0.15, 0.2) is 89.8 Å². The molecule has 1 heterocycles. The van der Waals surface area contributed by atoms with Gasteiger partial charge in [0.15, 0.2) is 5.78 Å². The molecule has 0 fully saturated rings. The second-order valence-corrected chi connectivity index (χ2v) is 9.82. The van der Waals surface area contributed by atoms with Crippen LogP contribution in [0.25, 0.3) is 17.0 Å². The number of carbonyl (C=O) groups excluding carboxylic acids is 2. The first-order chi connectivity index (χ1) is 17.3. The molecule has 0 aliphatic heterocycles. The summed E-state index contributed by atoms with van der Waals surface area (Å²) in [5.41, 5.74) is 0.784. The van der Waals surface area contributed by atoms with Gasteiger partial charge in [0.25, 0.3) is 15.9 Å². The summed E-state index contributed by atoms with van der Waals surface area (Å²) in [6, 6.07) is 19.2. The monoisotopic (exact) mass is 578 g/mol. The third kappa shape index (κ3) is 4.56. The highest BCUT2D eigenvalue weighted by atomic mass is 79.9. The molecule has 0 saturated heterocycles. The van der Waals surface area contributed by atoms with Crippen LogP contribution in [-0.4, -0.2) is 36.2 Å². The smallest absolute Gasteiger partial charge is 0.335 e. The number of hydrogen-bond donors (Lipinski definition) is 1. The van der Waals surface area contributed by atoms with Gasteiger partial charge in [-0.3, -0.25) is 9.59 Å². The number of halogens is 1. The number of para-hydroxylation sites is 2. The summed E-state index contributed by atoms with van der Waals surface area (Å²) in [6.45, 7) is 0. The second-order valence-electron chi connectivity index (χ2n) is 8.04. The fourth-order valence-electron chi connectivity index (χ4n) is 4.12. The number of hydrogen-bond acceptors (Lipinski definition) is 6. The average Bonchev–Trinajstić information content (AvgIpc) is 2.88. The van der Waals surface area contributed by atoms with Crippen molar-refractivity contribution in [2.75, 3.05) is 4.31 Å². The largest absolute Gasteiger partial charge is 0.478 e. The maximum Gasteiger partial charge on any atom is 0.335 e. The summed E-state index contributed by atoms with van der Waals surface area (Å²) in [5, 5.41) is 9.58. The molecule has 1 aliphatic carbocycles. The quantitative estimate of drug-likeness (QED) is 0.347. The van der Waals surface area contributed by atoms with Crippen molar-refractivity contribution in [3.8, 4) is 0 Å². The molecule has 0 atom stereocenters. The molecule has 10 heteroatoms. The Morgan fingerprint density at radius 1 is 0.892 bits per heavy atom. The minimum Gasteiger partial charge on any atom is -0.478 e. The number of Topliss-reactive ketones (excluding diaryl/α,β-unsaturated/α-hetero) is 1. The molecule has 5 rings (SSSR count). The van der Waals surface area contributed by atoms with Gasteiger partial charge in [0.1, 0.15) is 5.69 Å². The fourth-order valence-corrected chi connectivity index (χ4v) is 5.52. The van der Waals surface area contributed by atoms with Crippen LogP contribution in [0.2, 0.25) is 0 Å². The first kappa shape index (κ1) is 25.9. The van der Waals surface area contributed by atoms with Crippen LogP contribution in [0, 0.1) is 0 Å². The molecule has 3 aromatic carbocycles. The topological polar surface area (TPSA) is 122 Å². The Kier molecular flexibility index (Phi) is 7.06. The lowest BCUT2D eigenvalue weighted by Crippen LogP contribution is -2.38. The van der Waals surface area contributed by atoms with Gasteiger partial charge in [0.05, 0.1) is 27.2 Å². The van der Waals surface area contributed by atoms with E-state index >= 15 is 0 Å². The van der Waals surface area contributed by atoms with Gasteiger partial charge in [-0.25, -0.2) is 18.2 Å². The van der Waals surface area contributed by atoms with E-state index in [9.17, 15) is 27.9 Å². The van der Waals surface area contributed by atoms with Crippen molar-refractivity contribution in [2.24, 2.45) is 0 Å². The Hall–Kier alpha value is -4.15. The number of benzene rings is 3. The van der Waals surface area contributed by atoms with Gasteiger partial charge in [-0.05, 0) is 42.5 Å². The predicted molar refractivity (Wildman–Crippen MR) is 144 cm³/mol. The number of nitrogens with zero attached hydrogens (tertiary/aromatic N) is 2. The molecule has 1 aromatic heterocycles. The van der Waals surface area contributed by atoms with Gasteiger partial charge < -0.3 is 5.11 Å². The summed E-state index contributed by atoms with van der Waals surface area (Å²) in [7, 11) is -4.49. The molecule has 37 heavy (non-hydrogen) atoms. The lowest BCUT2D eigenvalue weighted by Gasteiger charge is -2.25. The summed E-state index contributed by atoms with van der Waals surface area (Å²) >= 11 is 0. The van der Waals surface area contributed by atoms with E-state index in [1.54, 1.807) is 54.6 Å². The summed E-state index contributed by atoms with van der Waals surface area (Å²) in [6.07, 6.45) is 3.35. The fraction of sp³-hybridized carbons (Fsp3) is 0.0370. The Labute approximate surface area is 222 Å². The predicted octanol–water partition coefficient (Wildman–Crippen LogP) is 5.15. The van der Waals surface area contributed by atoms with Crippen molar-refractivity contribution in [3.63, 3.8) is 0 Å². The summed E-state index contributed by atoms with van der Waals surface area (Å²) in [5.74, 6) is -2.34. The molecular weight excluding hydrogens is 560 g/mol. The molecule has 4 aromatic rings. The van der Waals surface area contributed by atoms with E-state index in [1.165, 1.54) is 12.1 Å². The van der Waals surface area contributed by atoms with E-state index in [-0.39, 0.29) is 62.2 Å². The Morgan fingerprint density at radius 2 is 1.54 bits per heavy atom. The lowest BCUT2D eigenvalue weighted by atomic mass is 9.93. The zero-order chi connectivity index (χ0) is 25.4. The standard InChI is InChI=1S/C27H18N2O6S.BrH/c30-23-12-6-10-21-24(20-9-4-5-11-22(20)28-25(21)23)26(31)29(18-7-2-1-3-8-18)36(34,35)19-15-13-17(14-16-19)27(32)33;/h1-11,13-16H,12H2,(H,32,33);1H. The van der Waals surface area contributed by atoms with Crippen molar-refractivity contribution >= 4 is 67.3 Å². The van der Waals surface area contributed by atoms with E-state index in [1.807, 2.05) is 0 Å². The normalized spacial score (nSPS) is 12.5. The number of ketones is 1. The molecule has 0 bridgehead atoms. The molecular formula is C27H19BrN2O6S. The van der Waals surface area contributed by atoms with Crippen LogP contribution in [0.3, 0.4) is 0 Å². The van der Waals surface area contributed by atoms with Crippen LogP contribution < -0.4 is 4.31 Å². The number of allylic oxidation sites excluding steroid dienone is 1. The highest BCUT2D eigenvalue weighted by Crippen LogP contribution is 2.33. The molecule has 0 saturated carbocycles. The molecule has 1 amide bonds. The number of carboxylic acids is 1. The minimum atomic E-state index is -4.49. The lowest BCUT2D eigenvalue weighted by molar-refractivity contribution is 0.0696. The number of anilines is 1. The van der Waals surface area contributed by atoms with Crippen LogP contribution in [0.4, 0.5) is 5.69 Å². The van der Waals surface area contributed by atoms with Crippen molar-refractivity contribution in [2.45, 2.75) is 11.3 Å². The third-order valence-electron chi connectivity index (χ3n) is 5.81. The van der Waals surface area contributed by atoms with Gasteiger partial charge >= 0.3 is 5.97 Å². The maximum atomic E-state index is 14.2. The van der Waals surface area contributed by atoms with Crippen molar-refractivity contribution in [1.82, 2.24) is 4.98 Å². The third-order valence-corrected chi connectivity index (χ3v) is 7.54. The van der Waals surface area contributed by atoms with Crippen molar-refractivity contribution in [1.29, 1.82) is 0 Å². The van der Waals surface area contributed by atoms with Crippen LogP contribution in [0.5, 0.6) is 0 Å². The van der Waals surface area contributed by atoms with E-state index in [0.29, 0.717) is 15.2 Å². The van der Waals surface area contributed by atoms with E-state index in [4.69, 9.17) is 0 Å². The number of amides is 1. The van der Waals surface area contributed by atoms with Gasteiger partial charge in [0.2, 0.25) is 0 Å². The summed E-state index contributed by atoms with van der Waals surface area (Å²) < 4.78 is 28.4. The summed E-state index contributed by atoms with van der Waals surface area (Å²) in [4.78, 5) is 42.3. The van der Waals surface area contributed by atoms with Gasteiger partial charge in [-0.2, -0.15) is 4.31 Å². The number of carboxylic acid groups (broad SMARTS) is 1. The van der Waals surface area contributed by atoms with Crippen LogP contribution in [-0.2, 0) is 10.0 Å². The average molecular weight is 579 g/mol. The molecule has 0 radical (unpaired) electrons. The van der Waals surface area contributed by atoms with E-state index in [0.717, 1.165) is 24.3 Å². The zero-order valence-electron chi connectivity index (χ0n) is 19.1. The molecule has 0 unspecified atom stereocenters. The Bertz CT molecular complexity index is 1680. The number of fused-ring (bicyclic) bond motifs is 2. The van der Waals surface area contributed by atoms with E-state index < -0.39 is 21.9 Å². The Balaban J connectivity index is 0.00000320. The van der Waals surface area contributed by atoms with Gasteiger partial charge in [-0.15, -0.1) is 17.0 Å². The van der Waals surface area contributed by atoms with Crippen LogP contribution in [0.1, 0.15) is 43.2 Å². The SMILES string of the molecule is Br.O=C(O)c1ccc(S(=O)(=O)N(C(=O)c2c3c(nc4ccccc24)C(=O)CC=C3)c2ccccc2)cc1. The van der Waals surface area contributed by atoms with Crippen molar-refractivity contribution in [3.05, 3.63) is 107 Å². The molecule has 186 valence electrons. The van der Waals surface area contributed by atoms with Gasteiger partial charge in [-0.1, -0.05) is 48.6 Å². The first-order valence-corrected chi connectivity index (χ1v) is 12.3. The number of rotatable bonds is 5. The molecule has 1 N–H and O–H groups in total. The van der Waals surface area contributed by atoms with Crippen LogP contribution >= 0.6 is 17.0 Å². The zero-order valence-corrected chi connectivity index (χ0v) is 21.6. The number of pyridine rings is 1. The highest BCUT2D eigenvalue weighted by Gasteiger charge is 2.35. The molecule has 0 spiro atoms. The first-order valence-electron chi connectivity index (χ1n) is 10.9. The van der Waals surface area contributed by atoms with E-state index in [2.05, 4.69) is 4.98 Å². The maximum absolute atomic E-state index is 14.2. The Morgan fingerprint density at radius 3 is 2.22 bits per heavy atom. The number of sulfonamides is 1.